The lowest BCUT2D eigenvalue weighted by Gasteiger charge is -2.07. The van der Waals surface area contributed by atoms with E-state index in [1.54, 1.807) is 12.1 Å². The Hall–Kier alpha value is -5.44. The summed E-state index contributed by atoms with van der Waals surface area (Å²) in [5.74, 6) is -3.44. The van der Waals surface area contributed by atoms with Crippen molar-refractivity contribution in [1.29, 1.82) is 10.5 Å². The molecule has 0 unspecified atom stereocenters. The summed E-state index contributed by atoms with van der Waals surface area (Å²) in [4.78, 5) is 6.45. The molecule has 0 heterocycles. The zero-order valence-electron chi connectivity index (χ0n) is 19.3. The molecule has 2 aliphatic rings. The van der Waals surface area contributed by atoms with E-state index >= 15 is 8.78 Å². The standard InChI is InChI=1S/C30H12F4N4/c1-37-30(38-2)23-12-22-27(25(23)16-6-4-8-19(32)10-16)28(33)21-11-20(17(13-35)14-36)24(26(21)29(22)34)15-5-3-7-18(31)9-15/h3-10H,11-12H2. The van der Waals surface area contributed by atoms with Gasteiger partial charge < -0.3 is 0 Å². The van der Waals surface area contributed by atoms with Gasteiger partial charge in [-0.2, -0.15) is 20.2 Å². The van der Waals surface area contributed by atoms with Gasteiger partial charge >= 0.3 is 5.82 Å². The maximum absolute atomic E-state index is 16.4. The molecule has 4 nitrogen and oxygen atoms in total. The van der Waals surface area contributed by atoms with Crippen molar-refractivity contribution in [3.63, 3.8) is 0 Å². The summed E-state index contributed by atoms with van der Waals surface area (Å²) < 4.78 is 61.1. The van der Waals surface area contributed by atoms with Crippen LogP contribution in [-0.2, 0) is 12.8 Å². The van der Waals surface area contributed by atoms with Crippen molar-refractivity contribution < 1.29 is 17.6 Å². The molecule has 0 amide bonds. The van der Waals surface area contributed by atoms with Crippen LogP contribution in [0.2, 0.25) is 0 Å². The van der Waals surface area contributed by atoms with Gasteiger partial charge in [-0.15, -0.1) is 0 Å². The predicted molar refractivity (Wildman–Crippen MR) is 129 cm³/mol. The first kappa shape index (κ1) is 24.3. The molecule has 0 fully saturated rings. The van der Waals surface area contributed by atoms with Crippen LogP contribution in [0.15, 0.2) is 71.1 Å². The van der Waals surface area contributed by atoms with Gasteiger partial charge in [-0.3, -0.25) is 0 Å². The molecule has 38 heavy (non-hydrogen) atoms. The summed E-state index contributed by atoms with van der Waals surface area (Å²) in [5.41, 5.74) is -0.156. The van der Waals surface area contributed by atoms with Crippen molar-refractivity contribution in [2.24, 2.45) is 0 Å². The highest BCUT2D eigenvalue weighted by Gasteiger charge is 2.36. The molecule has 5 rings (SSSR count). The molecule has 0 aromatic heterocycles. The van der Waals surface area contributed by atoms with Crippen molar-refractivity contribution in [2.45, 2.75) is 12.8 Å². The van der Waals surface area contributed by atoms with E-state index in [-0.39, 0.29) is 73.4 Å². The number of nitrogens with zero attached hydrogens (tertiary/aromatic N) is 4. The van der Waals surface area contributed by atoms with E-state index in [0.717, 1.165) is 12.1 Å². The summed E-state index contributed by atoms with van der Waals surface area (Å²) in [6, 6.07) is 13.8. The van der Waals surface area contributed by atoms with Gasteiger partial charge in [-0.25, -0.2) is 17.6 Å². The fraction of sp³-hybridized carbons (Fsp3) is 0.0667. The van der Waals surface area contributed by atoms with Gasteiger partial charge in [-0.05, 0) is 52.1 Å². The van der Waals surface area contributed by atoms with Gasteiger partial charge in [0.25, 0.3) is 0 Å². The number of allylic oxidation sites excluding steroid dienone is 3. The lowest BCUT2D eigenvalue weighted by molar-refractivity contribution is 0.567. The quantitative estimate of drug-likeness (QED) is 0.276. The highest BCUT2D eigenvalue weighted by Crippen LogP contribution is 2.37. The number of fused-ring (bicyclic) bond motifs is 2. The van der Waals surface area contributed by atoms with Crippen LogP contribution in [0.3, 0.4) is 0 Å². The van der Waals surface area contributed by atoms with Gasteiger partial charge in [0.15, 0.2) is 0 Å². The summed E-state index contributed by atoms with van der Waals surface area (Å²) in [6.07, 6.45) is -0.627. The summed E-state index contributed by atoms with van der Waals surface area (Å²) in [6.45, 7) is 14.8. The van der Waals surface area contributed by atoms with E-state index in [1.165, 1.54) is 36.4 Å². The molecule has 0 spiro atoms. The van der Waals surface area contributed by atoms with E-state index in [9.17, 15) is 19.3 Å². The fourth-order valence-electron chi connectivity index (χ4n) is 5.12. The smallest absolute Gasteiger partial charge is 0.207 e. The number of rotatable bonds is 2. The minimum Gasteiger partial charge on any atom is -0.207 e. The molecule has 0 aliphatic heterocycles. The SMILES string of the molecule is [C-]#[N+]C([N+]#[C-])=C1Cc2c(F)c3c(c(F)c2=C1c1cccc(F)c1)CC(=C(C#N)C#N)C=3c1cccc(F)c1. The summed E-state index contributed by atoms with van der Waals surface area (Å²) in [7, 11) is 0. The molecule has 180 valence electrons. The molecular weight excluding hydrogens is 492 g/mol. The monoisotopic (exact) mass is 504 g/mol. The summed E-state index contributed by atoms with van der Waals surface area (Å²) >= 11 is 0. The number of hydrogen-bond donors (Lipinski definition) is 0. The third kappa shape index (κ3) is 3.56. The molecule has 0 N–H and O–H groups in total. The predicted octanol–water partition coefficient (Wildman–Crippen LogP) is 5.15. The van der Waals surface area contributed by atoms with Crippen molar-refractivity contribution in [2.75, 3.05) is 0 Å². The highest BCUT2D eigenvalue weighted by atomic mass is 19.1. The lowest BCUT2D eigenvalue weighted by Crippen LogP contribution is -2.27. The molecule has 2 aliphatic carbocycles. The Labute approximate surface area is 214 Å². The van der Waals surface area contributed by atoms with Crippen LogP contribution < -0.4 is 10.4 Å². The van der Waals surface area contributed by atoms with Crippen LogP contribution in [0.25, 0.3) is 20.8 Å². The molecule has 3 aromatic carbocycles. The minimum atomic E-state index is -0.876. The molecule has 3 aromatic rings. The van der Waals surface area contributed by atoms with Crippen molar-refractivity contribution in [3.8, 4) is 12.1 Å². The molecule has 0 bridgehead atoms. The normalized spacial score (nSPS) is 13.3. The molecule has 0 radical (unpaired) electrons. The molecular formula is C30H12F4N4. The molecule has 0 saturated carbocycles. The second-order valence-corrected chi connectivity index (χ2v) is 8.56. The van der Waals surface area contributed by atoms with Crippen LogP contribution in [0.5, 0.6) is 0 Å². The van der Waals surface area contributed by atoms with Gasteiger partial charge in [0.1, 0.15) is 54.1 Å². The van der Waals surface area contributed by atoms with Crippen LogP contribution in [0, 0.1) is 59.1 Å². The number of halogens is 4. The lowest BCUT2D eigenvalue weighted by atomic mass is 9.95. The second kappa shape index (κ2) is 9.21. The second-order valence-electron chi connectivity index (χ2n) is 8.56. The fourth-order valence-corrected chi connectivity index (χ4v) is 5.12. The molecule has 0 saturated heterocycles. The van der Waals surface area contributed by atoms with Gasteiger partial charge in [0.05, 0.1) is 5.57 Å². The highest BCUT2D eigenvalue weighted by molar-refractivity contribution is 5.88. The van der Waals surface area contributed by atoms with Crippen LogP contribution >= 0.6 is 0 Å². The van der Waals surface area contributed by atoms with Crippen molar-refractivity contribution >= 4 is 11.1 Å². The first-order valence-corrected chi connectivity index (χ1v) is 11.2. The Balaban J connectivity index is 2.01. The first-order chi connectivity index (χ1) is 18.3. The Morgan fingerprint density at radius 1 is 0.711 bits per heavy atom. The van der Waals surface area contributed by atoms with Crippen LogP contribution in [0.4, 0.5) is 17.6 Å². The van der Waals surface area contributed by atoms with Gasteiger partial charge in [0.2, 0.25) is 0 Å². The zero-order valence-corrected chi connectivity index (χ0v) is 19.3. The number of hydrogen-bond acceptors (Lipinski definition) is 2. The average Bonchev–Trinajstić information content (AvgIpc) is 3.50. The first-order valence-electron chi connectivity index (χ1n) is 11.2. The number of benzene rings is 3. The maximum Gasteiger partial charge on any atom is 0.523 e. The summed E-state index contributed by atoms with van der Waals surface area (Å²) in [5, 5.41) is 18.7. The Kier molecular flexibility index (Phi) is 5.88. The van der Waals surface area contributed by atoms with E-state index in [2.05, 4.69) is 9.69 Å². The average molecular weight is 504 g/mol. The topological polar surface area (TPSA) is 56.3 Å². The largest absolute Gasteiger partial charge is 0.523 e. The van der Waals surface area contributed by atoms with Gasteiger partial charge in [0, 0.05) is 34.4 Å². The molecule has 0 atom stereocenters. The van der Waals surface area contributed by atoms with E-state index in [4.69, 9.17) is 13.1 Å². The van der Waals surface area contributed by atoms with E-state index in [0.29, 0.717) is 0 Å². The maximum atomic E-state index is 16.4. The van der Waals surface area contributed by atoms with Gasteiger partial charge in [-0.1, -0.05) is 24.3 Å². The van der Waals surface area contributed by atoms with E-state index < -0.39 is 29.1 Å². The molecule has 8 heteroatoms. The minimum absolute atomic E-state index is 0.0251. The third-order valence-electron chi connectivity index (χ3n) is 6.62. The van der Waals surface area contributed by atoms with Crippen molar-refractivity contribution in [3.05, 3.63) is 150 Å². The Morgan fingerprint density at radius 2 is 1.16 bits per heavy atom. The van der Waals surface area contributed by atoms with Crippen LogP contribution in [0.1, 0.15) is 22.3 Å². The Morgan fingerprint density at radius 3 is 1.58 bits per heavy atom. The zero-order chi connectivity index (χ0) is 27.1. The third-order valence-corrected chi connectivity index (χ3v) is 6.62. The van der Waals surface area contributed by atoms with Crippen LogP contribution in [-0.4, -0.2) is 0 Å². The van der Waals surface area contributed by atoms with E-state index in [1.807, 2.05) is 0 Å². The Bertz CT molecular complexity index is 1780. The van der Waals surface area contributed by atoms with Crippen molar-refractivity contribution in [1.82, 2.24) is 0 Å². The number of nitriles is 2.